The van der Waals surface area contributed by atoms with Gasteiger partial charge in [0.25, 0.3) is 0 Å². The van der Waals surface area contributed by atoms with Gasteiger partial charge in [-0.25, -0.2) is 13.2 Å². The van der Waals surface area contributed by atoms with Crippen molar-refractivity contribution in [2.45, 2.75) is 176 Å². The Bertz CT molecular complexity index is 3070. The third kappa shape index (κ3) is 14.7. The fourth-order valence-corrected chi connectivity index (χ4v) is 11.6. The molecule has 6 aromatic rings. The predicted octanol–water partition coefficient (Wildman–Crippen LogP) is 15.2. The molecule has 3 aliphatic carbocycles. The number of fused-ring (bicyclic) bond motifs is 3. The number of benzene rings is 6. The lowest BCUT2D eigenvalue weighted by Crippen LogP contribution is -2.21. The Hall–Kier alpha value is -6.38. The van der Waals surface area contributed by atoms with E-state index in [0.717, 1.165) is 114 Å². The van der Waals surface area contributed by atoms with Gasteiger partial charge in [-0.2, -0.15) is 0 Å². The van der Waals surface area contributed by atoms with Crippen LogP contribution in [0.25, 0.3) is 43.8 Å². The van der Waals surface area contributed by atoms with E-state index >= 15 is 0 Å². The zero-order chi connectivity index (χ0) is 58.6. The third-order valence-electron chi connectivity index (χ3n) is 15.5. The molecule has 14 heteroatoms. The summed E-state index contributed by atoms with van der Waals surface area (Å²) < 4.78 is 60.2. The summed E-state index contributed by atoms with van der Waals surface area (Å²) in [6, 6.07) is 21.2. The molecule has 0 fully saturated rings. The van der Waals surface area contributed by atoms with Gasteiger partial charge in [0.15, 0.2) is 0 Å². The molecule has 3 atom stereocenters. The second-order valence-corrected chi connectivity index (χ2v) is 23.9. The van der Waals surface area contributed by atoms with Gasteiger partial charge in [0, 0.05) is 46.9 Å². The molecule has 6 aromatic carbocycles. The summed E-state index contributed by atoms with van der Waals surface area (Å²) in [6.07, 6.45) is 5.12. The van der Waals surface area contributed by atoms with Crippen LogP contribution >= 0.6 is 0 Å². The highest BCUT2D eigenvalue weighted by atomic mass is 19.1. The molecule has 0 spiro atoms. The van der Waals surface area contributed by atoms with Crippen molar-refractivity contribution in [1.29, 1.82) is 0 Å². The summed E-state index contributed by atoms with van der Waals surface area (Å²) in [4.78, 5) is 2.88. The molecule has 80 heavy (non-hydrogen) atoms. The van der Waals surface area contributed by atoms with E-state index in [9.17, 15) is 33.6 Å². The molecule has 1 unspecified atom stereocenters. The van der Waals surface area contributed by atoms with E-state index < -0.39 is 28.9 Å². The standard InChI is InChI=1S/C22H26FN3O2.C22H28FNO2.C22H27FO3/c1-13-11-15(28-10-9-22(3,4)27)12-14(2)20(13)16-5-7-18(23)21-17(16)6-8-19(21)25-26-24;2*1-13-11-15(26-10-9-22(3,4)25)12-14(2)20(13)16-5-7-18(23)21-17(16)6-8-19(21)24/h5,7,11-12,19,27H,6,8-10H2,1-4H3;5,7,11-12,19,25H,6,8-10,24H2,1-4H3;5,7,11-12,19,24-25H,6,8-10H2,1-4H3/t;2*19-/m.10/s1. The second kappa shape index (κ2) is 25.2. The molecule has 0 amide bonds. The van der Waals surface area contributed by atoms with Crippen molar-refractivity contribution >= 4 is 0 Å². The smallest absolute Gasteiger partial charge is 0.129 e. The highest BCUT2D eigenvalue weighted by Gasteiger charge is 2.31. The van der Waals surface area contributed by atoms with Crippen LogP contribution in [0, 0.1) is 59.0 Å². The molecule has 11 nitrogen and oxygen atoms in total. The molecule has 3 aliphatic rings. The summed E-state index contributed by atoms with van der Waals surface area (Å²) in [5.41, 5.74) is 29.9. The van der Waals surface area contributed by atoms with Gasteiger partial charge in [-0.3, -0.25) is 0 Å². The number of rotatable bonds is 16. The fourth-order valence-electron chi connectivity index (χ4n) is 11.6. The number of azide groups is 1. The van der Waals surface area contributed by atoms with E-state index in [1.165, 1.54) is 18.2 Å². The second-order valence-electron chi connectivity index (χ2n) is 23.9. The number of aliphatic hydroxyl groups is 4. The van der Waals surface area contributed by atoms with Gasteiger partial charge < -0.3 is 40.4 Å². The van der Waals surface area contributed by atoms with Gasteiger partial charge >= 0.3 is 0 Å². The van der Waals surface area contributed by atoms with Crippen LogP contribution in [0.2, 0.25) is 0 Å². The van der Waals surface area contributed by atoms with Crippen LogP contribution in [0.1, 0.15) is 165 Å². The van der Waals surface area contributed by atoms with Gasteiger partial charge in [-0.15, -0.1) is 0 Å². The quantitative estimate of drug-likeness (QED) is 0.0360. The number of hydrogen-bond acceptors (Lipinski definition) is 9. The Labute approximate surface area is 470 Å². The van der Waals surface area contributed by atoms with E-state index in [1.54, 1.807) is 41.5 Å². The minimum atomic E-state index is -0.763. The molecule has 0 saturated heterocycles. The average Bonchev–Trinajstić information content (AvgIpc) is 4.24. The fraction of sp³-hybridized carbons (Fsp3) is 0.455. The van der Waals surface area contributed by atoms with Crippen LogP contribution in [-0.4, -0.2) is 57.0 Å². The topological polar surface area (TPSA) is 183 Å². The number of halogens is 3. The summed E-state index contributed by atoms with van der Waals surface area (Å²) >= 11 is 0. The van der Waals surface area contributed by atoms with Crippen molar-refractivity contribution in [3.8, 4) is 50.6 Å². The molecular weight excluding hydrogens is 1020 g/mol. The Balaban J connectivity index is 0.000000174. The zero-order valence-corrected chi connectivity index (χ0v) is 48.7. The van der Waals surface area contributed by atoms with Crippen molar-refractivity contribution in [3.63, 3.8) is 0 Å². The maximum absolute atomic E-state index is 14.4. The maximum Gasteiger partial charge on any atom is 0.129 e. The molecule has 6 N–H and O–H groups in total. The van der Waals surface area contributed by atoms with Crippen LogP contribution in [0.3, 0.4) is 0 Å². The van der Waals surface area contributed by atoms with Crippen molar-refractivity contribution in [2.75, 3.05) is 19.8 Å². The minimum absolute atomic E-state index is 0.198. The predicted molar refractivity (Wildman–Crippen MR) is 312 cm³/mol. The molecule has 0 bridgehead atoms. The van der Waals surface area contributed by atoms with Crippen LogP contribution in [-0.2, 0) is 19.3 Å². The van der Waals surface area contributed by atoms with Gasteiger partial charge in [-0.05, 0) is 265 Å². The molecule has 0 aliphatic heterocycles. The summed E-state index contributed by atoms with van der Waals surface area (Å²) in [5.74, 6) is 1.49. The zero-order valence-electron chi connectivity index (χ0n) is 48.7. The molecule has 0 saturated carbocycles. The molecule has 0 aromatic heterocycles. The van der Waals surface area contributed by atoms with Crippen molar-refractivity contribution in [2.24, 2.45) is 10.8 Å². The van der Waals surface area contributed by atoms with E-state index in [2.05, 4.69) is 23.9 Å². The molecule has 9 rings (SSSR count). The Morgan fingerprint density at radius 1 is 0.512 bits per heavy atom. The first kappa shape index (κ1) is 61.2. The first-order valence-corrected chi connectivity index (χ1v) is 27.9. The SMILES string of the molecule is Cc1cc(OCCC(C)(C)O)cc(C)c1-c1ccc(F)c2c1CCC2N=[N+]=[N-].Cc1cc(OCCC(C)(C)O)cc(C)c1-c1ccc(F)c2c1CC[C@@H]2O.Cc1cc(OCCC(C)(C)O)cc(C)c1-c1ccc(F)c2c1CC[C@H]2N. The summed E-state index contributed by atoms with van der Waals surface area (Å²) in [7, 11) is 0. The number of aryl methyl sites for hydroxylation is 6. The molecular formula is C66H81F3N4O7. The van der Waals surface area contributed by atoms with Gasteiger partial charge in [0.05, 0.1) is 48.8 Å². The number of nitrogens with two attached hydrogens (primary N) is 1. The lowest BCUT2D eigenvalue weighted by molar-refractivity contribution is 0.0546. The van der Waals surface area contributed by atoms with E-state index in [1.807, 2.05) is 82.3 Å². The summed E-state index contributed by atoms with van der Waals surface area (Å²) in [6.45, 7) is 24.1. The van der Waals surface area contributed by atoms with Crippen LogP contribution < -0.4 is 19.9 Å². The first-order valence-electron chi connectivity index (χ1n) is 27.9. The number of hydrogen-bond donors (Lipinski definition) is 5. The molecule has 428 valence electrons. The summed E-state index contributed by atoms with van der Waals surface area (Å²) in [5, 5.41) is 43.3. The Morgan fingerprint density at radius 2 is 0.825 bits per heavy atom. The number of ether oxygens (including phenoxy) is 3. The molecule has 0 heterocycles. The minimum Gasteiger partial charge on any atom is -0.493 e. The number of aliphatic hydroxyl groups excluding tert-OH is 1. The number of nitrogens with zero attached hydrogens (tertiary/aromatic N) is 3. The lowest BCUT2D eigenvalue weighted by Gasteiger charge is -2.19. The van der Waals surface area contributed by atoms with Gasteiger partial charge in [-0.1, -0.05) is 23.3 Å². The van der Waals surface area contributed by atoms with Crippen LogP contribution in [0.5, 0.6) is 17.2 Å². The Kier molecular flexibility index (Phi) is 19.3. The van der Waals surface area contributed by atoms with Gasteiger partial charge in [0.1, 0.15) is 34.7 Å². The highest BCUT2D eigenvalue weighted by molar-refractivity contribution is 5.79. The Morgan fingerprint density at radius 3 is 1.19 bits per heavy atom. The maximum atomic E-state index is 14.4. The average molecular weight is 1100 g/mol. The first-order chi connectivity index (χ1) is 37.5. The van der Waals surface area contributed by atoms with E-state index in [4.69, 9.17) is 25.5 Å². The molecule has 0 radical (unpaired) electrons. The largest absolute Gasteiger partial charge is 0.493 e. The van der Waals surface area contributed by atoms with Crippen molar-refractivity contribution in [1.82, 2.24) is 0 Å². The van der Waals surface area contributed by atoms with Crippen molar-refractivity contribution < 1.29 is 47.8 Å². The van der Waals surface area contributed by atoms with Crippen LogP contribution in [0.4, 0.5) is 13.2 Å². The van der Waals surface area contributed by atoms with E-state index in [-0.39, 0.29) is 23.5 Å². The van der Waals surface area contributed by atoms with Crippen molar-refractivity contribution in [3.05, 3.63) is 167 Å². The third-order valence-corrected chi connectivity index (χ3v) is 15.5. The highest BCUT2D eigenvalue weighted by Crippen LogP contribution is 2.46. The normalized spacial score (nSPS) is 16.4. The lowest BCUT2D eigenvalue weighted by atomic mass is 9.90. The van der Waals surface area contributed by atoms with E-state index in [0.29, 0.717) is 81.5 Å². The van der Waals surface area contributed by atoms with Crippen LogP contribution in [0.15, 0.2) is 77.9 Å². The monoisotopic (exact) mass is 1100 g/mol. The van der Waals surface area contributed by atoms with Gasteiger partial charge in [0.2, 0.25) is 0 Å².